The number of aryl methyl sites for hydroxylation is 1. The molecule has 2 N–H and O–H groups in total. The Morgan fingerprint density at radius 1 is 1.33 bits per heavy atom. The minimum Gasteiger partial charge on any atom is -0.351 e. The summed E-state index contributed by atoms with van der Waals surface area (Å²) >= 11 is 1.12. The lowest BCUT2D eigenvalue weighted by Crippen LogP contribution is -2.45. The van der Waals surface area contributed by atoms with Gasteiger partial charge in [-0.2, -0.15) is 10.5 Å². The maximum atomic E-state index is 12.4. The number of amides is 2. The van der Waals surface area contributed by atoms with E-state index in [0.29, 0.717) is 17.1 Å². The Bertz CT molecular complexity index is 859. The molecule has 6 nitrogen and oxygen atoms in total. The van der Waals surface area contributed by atoms with E-state index in [-0.39, 0.29) is 5.91 Å². The molecular formula is C20H22N4O2S. The molecule has 2 amide bonds. The molecule has 0 unspecified atom stereocenters. The zero-order chi connectivity index (χ0) is 20.2. The summed E-state index contributed by atoms with van der Waals surface area (Å²) in [6, 6.07) is 11.9. The number of hydrogen-bond acceptors (Lipinski definition) is 5. The molecule has 1 aliphatic rings. The summed E-state index contributed by atoms with van der Waals surface area (Å²) in [6.07, 6.45) is 0. The molecular weight excluding hydrogens is 360 g/mol. The van der Waals surface area contributed by atoms with E-state index < -0.39 is 22.5 Å². The summed E-state index contributed by atoms with van der Waals surface area (Å²) < 4.78 is 0. The number of nitrogens with zero attached hydrogens (tertiary/aromatic N) is 2. The maximum absolute atomic E-state index is 12.4. The van der Waals surface area contributed by atoms with Crippen molar-refractivity contribution in [3.8, 4) is 12.1 Å². The van der Waals surface area contributed by atoms with Crippen LogP contribution in [0.3, 0.4) is 0 Å². The van der Waals surface area contributed by atoms with Gasteiger partial charge in [-0.05, 0) is 19.4 Å². The van der Waals surface area contributed by atoms with Crippen LogP contribution in [-0.4, -0.2) is 17.1 Å². The number of allylic oxidation sites excluding steroid dienone is 1. The molecule has 0 saturated carbocycles. The maximum Gasteiger partial charge on any atom is 0.243 e. The molecule has 0 bridgehead atoms. The number of carbonyl (C=O) groups excluding carboxylic acids is 2. The lowest BCUT2D eigenvalue weighted by Gasteiger charge is -2.35. The van der Waals surface area contributed by atoms with Gasteiger partial charge in [-0.15, -0.1) is 0 Å². The van der Waals surface area contributed by atoms with Crippen LogP contribution in [-0.2, 0) is 16.1 Å². The van der Waals surface area contributed by atoms with Gasteiger partial charge in [0, 0.05) is 12.0 Å². The van der Waals surface area contributed by atoms with Crippen LogP contribution in [0.2, 0.25) is 0 Å². The minimum absolute atomic E-state index is 0.195. The molecule has 0 aromatic heterocycles. The van der Waals surface area contributed by atoms with Gasteiger partial charge in [-0.25, -0.2) is 0 Å². The fourth-order valence-corrected chi connectivity index (χ4v) is 3.91. The molecule has 0 saturated heterocycles. The summed E-state index contributed by atoms with van der Waals surface area (Å²) in [5, 5.41) is 24.1. The predicted molar refractivity (Wildman–Crippen MR) is 104 cm³/mol. The highest BCUT2D eigenvalue weighted by Crippen LogP contribution is 2.42. The van der Waals surface area contributed by atoms with Crippen LogP contribution in [0.4, 0.5) is 0 Å². The van der Waals surface area contributed by atoms with Gasteiger partial charge >= 0.3 is 0 Å². The molecule has 0 fully saturated rings. The van der Waals surface area contributed by atoms with Crippen molar-refractivity contribution in [2.24, 2.45) is 11.3 Å². The van der Waals surface area contributed by atoms with Crippen LogP contribution >= 0.6 is 11.8 Å². The van der Waals surface area contributed by atoms with E-state index in [4.69, 9.17) is 0 Å². The van der Waals surface area contributed by atoms with Gasteiger partial charge in [0.05, 0.1) is 28.0 Å². The first-order valence-electron chi connectivity index (χ1n) is 8.56. The van der Waals surface area contributed by atoms with Crippen LogP contribution in [0.1, 0.15) is 31.9 Å². The summed E-state index contributed by atoms with van der Waals surface area (Å²) in [5.74, 6) is -1.58. The molecule has 2 rings (SSSR count). The monoisotopic (exact) mass is 382 g/mol. The van der Waals surface area contributed by atoms with Crippen LogP contribution in [0.15, 0.2) is 34.9 Å². The molecule has 1 aromatic rings. The highest BCUT2D eigenvalue weighted by molar-refractivity contribution is 8.04. The van der Waals surface area contributed by atoms with Gasteiger partial charge in [-0.3, -0.25) is 9.59 Å². The molecule has 0 radical (unpaired) electrons. The second kappa shape index (κ2) is 8.28. The molecule has 7 heteroatoms. The summed E-state index contributed by atoms with van der Waals surface area (Å²) in [5.41, 5.74) is 1.55. The van der Waals surface area contributed by atoms with Crippen molar-refractivity contribution in [3.63, 3.8) is 0 Å². The molecule has 2 atom stereocenters. The standard InChI is InChI=1S/C20H22N4O2S/c1-12-5-7-14(8-6-12)11-23-17(25)13(2)27-19-16(10-22)20(3,4)15(9-21)18(26)24-19/h5-8,13,15H,11H2,1-4H3,(H,23,25)(H,24,26)/t13-,15+/m1/s1. The van der Waals surface area contributed by atoms with Gasteiger partial charge in [0.2, 0.25) is 11.8 Å². The lowest BCUT2D eigenvalue weighted by molar-refractivity contribution is -0.125. The predicted octanol–water partition coefficient (Wildman–Crippen LogP) is 2.76. The highest BCUT2D eigenvalue weighted by atomic mass is 32.2. The molecule has 0 aliphatic carbocycles. The van der Waals surface area contributed by atoms with E-state index in [2.05, 4.69) is 16.7 Å². The van der Waals surface area contributed by atoms with E-state index in [0.717, 1.165) is 22.9 Å². The van der Waals surface area contributed by atoms with Gasteiger partial charge in [-0.1, -0.05) is 55.4 Å². The fraction of sp³-hybridized carbons (Fsp3) is 0.400. The van der Waals surface area contributed by atoms with Crippen molar-refractivity contribution >= 4 is 23.6 Å². The third-order valence-electron chi connectivity index (χ3n) is 4.58. The highest BCUT2D eigenvalue weighted by Gasteiger charge is 2.45. The quantitative estimate of drug-likeness (QED) is 0.814. The zero-order valence-corrected chi connectivity index (χ0v) is 16.6. The van der Waals surface area contributed by atoms with Gasteiger partial charge < -0.3 is 10.6 Å². The SMILES string of the molecule is Cc1ccc(CNC(=O)[C@@H](C)SC2=C(C#N)C(C)(C)[C@@H](C#N)C(=O)N2)cc1. The lowest BCUT2D eigenvalue weighted by atomic mass is 9.72. The van der Waals surface area contributed by atoms with Gasteiger partial charge in [0.25, 0.3) is 0 Å². The second-order valence-corrected chi connectivity index (χ2v) is 8.40. The van der Waals surface area contributed by atoms with E-state index in [1.807, 2.05) is 37.3 Å². The first-order valence-corrected chi connectivity index (χ1v) is 9.44. The second-order valence-electron chi connectivity index (χ2n) is 7.05. The number of carbonyl (C=O) groups is 2. The Hall–Kier alpha value is -2.77. The molecule has 1 aliphatic heterocycles. The Kier molecular flexibility index (Phi) is 6.30. The van der Waals surface area contributed by atoms with Crippen molar-refractivity contribution < 1.29 is 9.59 Å². The van der Waals surface area contributed by atoms with Crippen LogP contribution < -0.4 is 10.6 Å². The largest absolute Gasteiger partial charge is 0.351 e. The molecule has 27 heavy (non-hydrogen) atoms. The number of rotatable bonds is 5. The number of nitrogens with one attached hydrogen (secondary N) is 2. The first kappa shape index (κ1) is 20.5. The van der Waals surface area contributed by atoms with Crippen LogP contribution in [0, 0.1) is 40.9 Å². The summed E-state index contributed by atoms with van der Waals surface area (Å²) in [4.78, 5) is 24.6. The molecule has 1 aromatic carbocycles. The fourth-order valence-electron chi connectivity index (χ4n) is 2.78. The number of hydrogen-bond donors (Lipinski definition) is 2. The van der Waals surface area contributed by atoms with Crippen molar-refractivity contribution in [1.29, 1.82) is 10.5 Å². The van der Waals surface area contributed by atoms with Crippen molar-refractivity contribution in [2.45, 2.75) is 39.5 Å². The van der Waals surface area contributed by atoms with Crippen molar-refractivity contribution in [1.82, 2.24) is 10.6 Å². The average molecular weight is 382 g/mol. The minimum atomic E-state index is -0.942. The number of nitriles is 2. The van der Waals surface area contributed by atoms with Crippen LogP contribution in [0.25, 0.3) is 0 Å². The van der Waals surface area contributed by atoms with Crippen molar-refractivity contribution in [3.05, 3.63) is 46.0 Å². The van der Waals surface area contributed by atoms with Crippen molar-refractivity contribution in [2.75, 3.05) is 0 Å². The Labute approximate surface area is 163 Å². The third-order valence-corrected chi connectivity index (χ3v) is 5.69. The van der Waals surface area contributed by atoms with E-state index in [1.165, 1.54) is 0 Å². The van der Waals surface area contributed by atoms with Gasteiger partial charge in [0.15, 0.2) is 0 Å². The number of thioether (sulfide) groups is 1. The molecule has 1 heterocycles. The Morgan fingerprint density at radius 3 is 2.52 bits per heavy atom. The zero-order valence-electron chi connectivity index (χ0n) is 15.8. The topological polar surface area (TPSA) is 106 Å². The molecule has 140 valence electrons. The first-order chi connectivity index (χ1) is 12.7. The number of benzene rings is 1. The van der Waals surface area contributed by atoms with Gasteiger partial charge in [0.1, 0.15) is 5.92 Å². The smallest absolute Gasteiger partial charge is 0.243 e. The van der Waals surface area contributed by atoms with E-state index >= 15 is 0 Å². The Morgan fingerprint density at radius 2 is 1.96 bits per heavy atom. The normalized spacial score (nSPS) is 19.5. The summed E-state index contributed by atoms with van der Waals surface area (Å²) in [7, 11) is 0. The van der Waals surface area contributed by atoms with Crippen LogP contribution in [0.5, 0.6) is 0 Å². The average Bonchev–Trinajstić information content (AvgIpc) is 2.60. The Balaban J connectivity index is 2.10. The van der Waals surface area contributed by atoms with E-state index in [1.54, 1.807) is 20.8 Å². The molecule has 0 spiro atoms. The third kappa shape index (κ3) is 4.50. The van der Waals surface area contributed by atoms with E-state index in [9.17, 15) is 20.1 Å². The summed E-state index contributed by atoms with van der Waals surface area (Å²) in [6.45, 7) is 7.51.